The second kappa shape index (κ2) is 8.72. The van der Waals surface area contributed by atoms with Gasteiger partial charge in [0.05, 0.1) is 24.4 Å². The quantitative estimate of drug-likeness (QED) is 0.598. The molecule has 3 aromatic rings. The van der Waals surface area contributed by atoms with Gasteiger partial charge in [-0.15, -0.1) is 11.3 Å². The zero-order valence-corrected chi connectivity index (χ0v) is 17.6. The lowest BCUT2D eigenvalue weighted by molar-refractivity contribution is 0.336. The van der Waals surface area contributed by atoms with E-state index in [0.717, 1.165) is 21.8 Å². The summed E-state index contributed by atoms with van der Waals surface area (Å²) in [4.78, 5) is 4.51. The Morgan fingerprint density at radius 2 is 1.93 bits per heavy atom. The van der Waals surface area contributed by atoms with Crippen molar-refractivity contribution in [2.24, 2.45) is 0 Å². The van der Waals surface area contributed by atoms with Gasteiger partial charge in [0.25, 0.3) is 0 Å². The molecule has 2 aromatic carbocycles. The van der Waals surface area contributed by atoms with Crippen LogP contribution in [0.3, 0.4) is 0 Å². The summed E-state index contributed by atoms with van der Waals surface area (Å²) >= 11 is 1.51. The summed E-state index contributed by atoms with van der Waals surface area (Å²) in [5.74, 6) is 0.938. The summed E-state index contributed by atoms with van der Waals surface area (Å²) < 4.78 is 39.5. The third-order valence-corrected chi connectivity index (χ3v) is 6.29. The average molecular weight is 419 g/mol. The summed E-state index contributed by atoms with van der Waals surface area (Å²) in [5, 5.41) is 2.82. The highest BCUT2D eigenvalue weighted by Gasteiger charge is 2.21. The largest absolute Gasteiger partial charge is 0.495 e. The lowest BCUT2D eigenvalue weighted by Gasteiger charge is -2.14. The van der Waals surface area contributed by atoms with E-state index in [0.29, 0.717) is 12.4 Å². The fraction of sp³-hybridized carbons (Fsp3) is 0.250. The van der Waals surface area contributed by atoms with Crippen LogP contribution < -0.4 is 14.2 Å². The molecule has 148 valence electrons. The molecule has 0 aliphatic carbocycles. The molecular weight excluding hydrogens is 396 g/mol. The first-order chi connectivity index (χ1) is 13.4. The highest BCUT2D eigenvalue weighted by molar-refractivity contribution is 7.89. The fourth-order valence-electron chi connectivity index (χ4n) is 2.74. The van der Waals surface area contributed by atoms with Gasteiger partial charge in [0.1, 0.15) is 16.4 Å². The van der Waals surface area contributed by atoms with Crippen LogP contribution in [0.5, 0.6) is 11.5 Å². The smallest absolute Gasteiger partial charge is 0.244 e. The Bertz CT molecular complexity index is 1060. The number of nitrogens with one attached hydrogen (secondary N) is 1. The predicted octanol–water partition coefficient (Wildman–Crippen LogP) is 4.00. The number of ether oxygens (including phenoxy) is 2. The van der Waals surface area contributed by atoms with Gasteiger partial charge in [-0.3, -0.25) is 0 Å². The number of benzene rings is 2. The zero-order valence-electron chi connectivity index (χ0n) is 15.9. The topological polar surface area (TPSA) is 77.5 Å². The van der Waals surface area contributed by atoms with Crippen molar-refractivity contribution in [3.63, 3.8) is 0 Å². The van der Waals surface area contributed by atoms with Gasteiger partial charge >= 0.3 is 0 Å². The molecule has 8 heteroatoms. The van der Waals surface area contributed by atoms with Crippen molar-refractivity contribution in [2.75, 3.05) is 13.7 Å². The monoisotopic (exact) mass is 418 g/mol. The van der Waals surface area contributed by atoms with Gasteiger partial charge < -0.3 is 9.47 Å². The molecule has 0 saturated carbocycles. The number of aryl methyl sites for hydroxylation is 1. The number of hydrogen-bond donors (Lipinski definition) is 1. The van der Waals surface area contributed by atoms with E-state index in [1.165, 1.54) is 18.4 Å². The highest BCUT2D eigenvalue weighted by atomic mass is 32.2. The van der Waals surface area contributed by atoms with Gasteiger partial charge in [0.2, 0.25) is 10.0 Å². The molecule has 1 N–H and O–H groups in total. The Labute approximate surface area is 169 Å². The molecule has 0 aliphatic heterocycles. The standard InChI is InChI=1S/C20H22N2O4S2/c1-4-26-18-8-6-5-7-16(18)12-21-28(23,24)20-11-15(9-10-19(20)25-3)17-13-27-14(2)22-17/h5-11,13,21H,4,12H2,1-3H3. The lowest BCUT2D eigenvalue weighted by atomic mass is 10.2. The predicted molar refractivity (Wildman–Crippen MR) is 110 cm³/mol. The first-order valence-electron chi connectivity index (χ1n) is 8.75. The van der Waals surface area contributed by atoms with Crippen molar-refractivity contribution in [3.8, 4) is 22.8 Å². The van der Waals surface area contributed by atoms with Crippen molar-refractivity contribution < 1.29 is 17.9 Å². The maximum Gasteiger partial charge on any atom is 0.244 e. The Kier molecular flexibility index (Phi) is 6.33. The van der Waals surface area contributed by atoms with Crippen LogP contribution in [0.4, 0.5) is 0 Å². The summed E-state index contributed by atoms with van der Waals surface area (Å²) in [6, 6.07) is 12.4. The van der Waals surface area contributed by atoms with Gasteiger partial charge in [-0.1, -0.05) is 18.2 Å². The Morgan fingerprint density at radius 3 is 2.61 bits per heavy atom. The molecule has 1 aromatic heterocycles. The number of sulfonamides is 1. The summed E-state index contributed by atoms with van der Waals surface area (Å²) in [6.07, 6.45) is 0. The number of rotatable bonds is 8. The molecule has 0 amide bonds. The van der Waals surface area contributed by atoms with Crippen molar-refractivity contribution in [3.05, 3.63) is 58.4 Å². The second-order valence-electron chi connectivity index (χ2n) is 5.98. The fourth-order valence-corrected chi connectivity index (χ4v) is 4.56. The molecule has 0 radical (unpaired) electrons. The first-order valence-corrected chi connectivity index (χ1v) is 11.1. The number of thiazole rings is 1. The minimum absolute atomic E-state index is 0.0760. The van der Waals surface area contributed by atoms with Gasteiger partial charge in [-0.25, -0.2) is 18.1 Å². The van der Waals surface area contributed by atoms with Gasteiger partial charge in [0, 0.05) is 23.1 Å². The Balaban J connectivity index is 1.90. The molecular formula is C20H22N2O4S2. The maximum atomic E-state index is 13.0. The summed E-state index contributed by atoms with van der Waals surface area (Å²) in [6.45, 7) is 4.42. The lowest BCUT2D eigenvalue weighted by Crippen LogP contribution is -2.24. The number of nitrogens with zero attached hydrogens (tertiary/aromatic N) is 1. The number of para-hydroxylation sites is 1. The van der Waals surface area contributed by atoms with Crippen molar-refractivity contribution in [2.45, 2.75) is 25.3 Å². The van der Waals surface area contributed by atoms with E-state index in [9.17, 15) is 8.42 Å². The molecule has 0 unspecified atom stereocenters. The van der Waals surface area contributed by atoms with Gasteiger partial charge in [-0.05, 0) is 38.1 Å². The molecule has 0 bridgehead atoms. The van der Waals surface area contributed by atoms with Gasteiger partial charge in [-0.2, -0.15) is 0 Å². The van der Waals surface area contributed by atoms with Crippen LogP contribution in [0.2, 0.25) is 0 Å². The molecule has 0 spiro atoms. The molecule has 0 aliphatic rings. The van der Waals surface area contributed by atoms with Gasteiger partial charge in [0.15, 0.2) is 0 Å². The van der Waals surface area contributed by atoms with Crippen LogP contribution in [0.15, 0.2) is 52.7 Å². The molecule has 28 heavy (non-hydrogen) atoms. The average Bonchev–Trinajstić information content (AvgIpc) is 3.13. The van der Waals surface area contributed by atoms with Crippen molar-refractivity contribution in [1.82, 2.24) is 9.71 Å². The molecule has 0 saturated heterocycles. The Morgan fingerprint density at radius 1 is 1.14 bits per heavy atom. The molecule has 0 atom stereocenters. The van der Waals surface area contributed by atoms with E-state index in [1.54, 1.807) is 18.2 Å². The maximum absolute atomic E-state index is 13.0. The third kappa shape index (κ3) is 4.52. The summed E-state index contributed by atoms with van der Waals surface area (Å²) in [5.41, 5.74) is 2.22. The zero-order chi connectivity index (χ0) is 20.1. The molecule has 1 heterocycles. The molecule has 0 fully saturated rings. The van der Waals surface area contributed by atoms with E-state index in [1.807, 2.05) is 43.5 Å². The van der Waals surface area contributed by atoms with Crippen molar-refractivity contribution in [1.29, 1.82) is 0 Å². The number of hydrogen-bond acceptors (Lipinski definition) is 6. The minimum atomic E-state index is -3.81. The van der Waals surface area contributed by atoms with Crippen LogP contribution >= 0.6 is 11.3 Å². The van der Waals surface area contributed by atoms with E-state index >= 15 is 0 Å². The van der Waals surface area contributed by atoms with E-state index in [2.05, 4.69) is 9.71 Å². The van der Waals surface area contributed by atoms with E-state index in [-0.39, 0.29) is 17.2 Å². The number of aromatic nitrogens is 1. The van der Waals surface area contributed by atoms with Crippen LogP contribution in [-0.2, 0) is 16.6 Å². The van der Waals surface area contributed by atoms with Crippen LogP contribution in [0.25, 0.3) is 11.3 Å². The van der Waals surface area contributed by atoms with E-state index < -0.39 is 10.0 Å². The van der Waals surface area contributed by atoms with E-state index in [4.69, 9.17) is 9.47 Å². The highest BCUT2D eigenvalue weighted by Crippen LogP contribution is 2.30. The van der Waals surface area contributed by atoms with Crippen LogP contribution in [0.1, 0.15) is 17.5 Å². The molecule has 3 rings (SSSR count). The second-order valence-corrected chi connectivity index (χ2v) is 8.78. The molecule has 6 nitrogen and oxygen atoms in total. The van der Waals surface area contributed by atoms with Crippen LogP contribution in [0, 0.1) is 6.92 Å². The van der Waals surface area contributed by atoms with Crippen molar-refractivity contribution >= 4 is 21.4 Å². The minimum Gasteiger partial charge on any atom is -0.495 e. The first kappa shape index (κ1) is 20.3. The van der Waals surface area contributed by atoms with Crippen LogP contribution in [-0.4, -0.2) is 27.1 Å². The summed E-state index contributed by atoms with van der Waals surface area (Å²) in [7, 11) is -2.36. The normalized spacial score (nSPS) is 11.4. The third-order valence-electron chi connectivity index (χ3n) is 4.09. The SMILES string of the molecule is CCOc1ccccc1CNS(=O)(=O)c1cc(-c2csc(C)n2)ccc1OC. The number of methoxy groups -OCH3 is 1. The Hall–Kier alpha value is -2.42.